The molecule has 17 heteroatoms. The Labute approximate surface area is 372 Å². The molecule has 3 amide bonds. The molecule has 0 aromatic heterocycles. The quantitative estimate of drug-likeness (QED) is 0.0777. The average Bonchev–Trinajstić information content (AvgIpc) is 3.05. The van der Waals surface area contributed by atoms with Gasteiger partial charge in [-0.2, -0.15) is 8.42 Å². The maximum Gasteiger partial charge on any atom is 1.00 e. The van der Waals surface area contributed by atoms with Gasteiger partial charge in [0, 0.05) is 33.1 Å². The van der Waals surface area contributed by atoms with Gasteiger partial charge in [-0.05, 0) is 109 Å². The number of rotatable bonds is 12. The van der Waals surface area contributed by atoms with Crippen molar-refractivity contribution >= 4 is 66.7 Å². The van der Waals surface area contributed by atoms with Gasteiger partial charge in [0.1, 0.15) is 10.1 Å². The van der Waals surface area contributed by atoms with Crippen LogP contribution in [0.4, 0.5) is 11.4 Å². The summed E-state index contributed by atoms with van der Waals surface area (Å²) in [6, 6.07) is 10.0. The summed E-state index contributed by atoms with van der Waals surface area (Å²) >= 11 is 4.32. The largest absolute Gasteiger partial charge is 1.00 e. The van der Waals surface area contributed by atoms with Crippen molar-refractivity contribution in [2.75, 3.05) is 10.2 Å². The van der Waals surface area contributed by atoms with Gasteiger partial charge in [0.05, 0.1) is 15.5 Å². The van der Waals surface area contributed by atoms with E-state index >= 15 is 0 Å². The first-order valence-electron chi connectivity index (χ1n) is 15.2. The Bertz CT molecular complexity index is 1910. The third-order valence-corrected chi connectivity index (χ3v) is 7.58. The summed E-state index contributed by atoms with van der Waals surface area (Å²) in [5.41, 5.74) is 0.748. The number of carbonyl (C=O) groups excluding carboxylic acids is 4. The summed E-state index contributed by atoms with van der Waals surface area (Å²) in [4.78, 5) is 43.7. The van der Waals surface area contributed by atoms with Crippen molar-refractivity contribution in [3.05, 3.63) is 48.5 Å². The second-order valence-electron chi connectivity index (χ2n) is 9.86. The number of nitrogens with zero attached hydrogens (tertiary/aromatic N) is 1. The monoisotopic (exact) mass is 816 g/mol. The first kappa shape index (κ1) is 56.8. The number of carbonyl (C=O) groups is 4. The second-order valence-corrected chi connectivity index (χ2v) is 12.8. The third-order valence-electron chi connectivity index (χ3n) is 5.86. The van der Waals surface area contributed by atoms with Crippen molar-refractivity contribution in [1.29, 1.82) is 0 Å². The van der Waals surface area contributed by atoms with Gasteiger partial charge in [-0.3, -0.25) is 28.6 Å². The molecule has 2 N–H and O–H groups in total. The number of benzene rings is 2. The Hall–Kier alpha value is -2.93. The Morgan fingerprint density at radius 1 is 0.868 bits per heavy atom. The van der Waals surface area contributed by atoms with Crippen molar-refractivity contribution in [3.63, 3.8) is 0 Å². The molecule has 0 aliphatic rings. The summed E-state index contributed by atoms with van der Waals surface area (Å²) in [6.07, 6.45) is 12.6. The molecule has 0 spiro atoms. The van der Waals surface area contributed by atoms with Gasteiger partial charge in [-0.15, -0.1) is 6.42 Å². The summed E-state index contributed by atoms with van der Waals surface area (Å²) in [5, 5.41) is 2.47. The van der Waals surface area contributed by atoms with E-state index in [2.05, 4.69) is 65.3 Å². The van der Waals surface area contributed by atoms with Crippen molar-refractivity contribution < 1.29 is 113 Å². The zero-order valence-corrected chi connectivity index (χ0v) is 37.1. The van der Waals surface area contributed by atoms with Gasteiger partial charge in [0.2, 0.25) is 23.5 Å². The average molecular weight is 817 g/mol. The molecule has 0 heterocycles. The minimum Gasteiger partial charge on any atom is -1.00 e. The van der Waals surface area contributed by atoms with Crippen LogP contribution in [-0.2, 0) is 39.4 Å². The molecule has 0 saturated heterocycles. The molecule has 2 aromatic rings. The van der Waals surface area contributed by atoms with Crippen LogP contribution >= 0.6 is 11.6 Å². The van der Waals surface area contributed by atoms with E-state index in [-0.39, 0.29) is 107 Å². The minimum absolute atomic E-state index is 0. The number of halogens is 1. The van der Waals surface area contributed by atoms with E-state index in [0.717, 1.165) is 36.3 Å². The Morgan fingerprint density at radius 3 is 1.74 bits per heavy atom. The molecule has 2 aromatic carbocycles. The van der Waals surface area contributed by atoms with Crippen LogP contribution in [0.3, 0.4) is 0 Å². The summed E-state index contributed by atoms with van der Waals surface area (Å²) in [7, 11) is -8.71. The molecule has 0 bridgehead atoms. The fraction of sp³-hybridized carbons (Fsp3) is 0.333. The van der Waals surface area contributed by atoms with Gasteiger partial charge in [0.15, 0.2) is 0 Å². The maximum absolute atomic E-state index is 12.3. The third kappa shape index (κ3) is 30.1. The predicted molar refractivity (Wildman–Crippen MR) is 208 cm³/mol. The summed E-state index contributed by atoms with van der Waals surface area (Å²) in [5.74, 6) is 16.2. The van der Waals surface area contributed by atoms with E-state index in [4.69, 9.17) is 15.8 Å². The number of imide groups is 1. The van der Waals surface area contributed by atoms with Crippen LogP contribution in [0.15, 0.2) is 58.3 Å². The molecular weight excluding hydrogens is 766 g/mol. The Kier molecular flexibility index (Phi) is 36.0. The van der Waals surface area contributed by atoms with Crippen LogP contribution < -0.4 is 69.3 Å². The Morgan fingerprint density at radius 2 is 1.32 bits per heavy atom. The van der Waals surface area contributed by atoms with Crippen LogP contribution in [0.25, 0.3) is 0 Å². The fourth-order valence-electron chi connectivity index (χ4n) is 3.71. The number of hydrogen-bond acceptors (Lipinski definition) is 9. The van der Waals surface area contributed by atoms with Gasteiger partial charge >= 0.3 is 59.1 Å². The summed E-state index contributed by atoms with van der Waals surface area (Å²) < 4.78 is 62.8. The van der Waals surface area contributed by atoms with Crippen molar-refractivity contribution in [3.8, 4) is 47.9 Å². The number of unbranched alkanes of at least 4 members (excludes halogenated alkanes) is 6. The molecule has 286 valence electrons. The molecule has 0 radical (unpaired) electrons. The first-order valence-corrected chi connectivity index (χ1v) is 18.4. The van der Waals surface area contributed by atoms with Crippen LogP contribution in [0.1, 0.15) is 87.6 Å². The standard InChI is InChI=1S/C18H27NO5S.C9H4.C8H9NO4S.CHClO.2Na.5H2.H/c1-3-4-5-6-7-8-9-10-18(21)19(15(2)20)16-11-13-17(14-12-16)25(22,23)24;1-3-5-7-9-8-6-4-2;1-6(10)9-7-2-4-8(5-3-7)14(11,12)13;2-1-3;;;;;;;;/h11-14H,3-10H2,1-2H3,(H,22,23,24);1H,2H3;2-5H,1H3,(H,9,10)(H,11,12,13);1H;;;5*1H;/q;;;;2*+1;;;;;;-1/p-1. The predicted octanol–water partition coefficient (Wildman–Crippen LogP) is 0.918. The first-order chi connectivity index (χ1) is 24.0. The zero-order valence-electron chi connectivity index (χ0n) is 31.7. The molecule has 0 aliphatic heterocycles. The van der Waals surface area contributed by atoms with Crippen LogP contribution in [0.5, 0.6) is 0 Å². The fourth-order valence-corrected chi connectivity index (χ4v) is 4.66. The number of nitrogens with one attached hydrogen (secondary N) is 1. The van der Waals surface area contributed by atoms with E-state index in [1.807, 2.05) is 0 Å². The van der Waals surface area contributed by atoms with Crippen molar-refractivity contribution in [2.24, 2.45) is 0 Å². The maximum atomic E-state index is 12.3. The molecule has 0 aliphatic carbocycles. The van der Waals surface area contributed by atoms with Gasteiger partial charge < -0.3 is 11.3 Å². The van der Waals surface area contributed by atoms with E-state index in [9.17, 15) is 35.8 Å². The molecule has 0 saturated carbocycles. The van der Waals surface area contributed by atoms with E-state index in [0.29, 0.717) is 12.1 Å². The van der Waals surface area contributed by atoms with Crippen molar-refractivity contribution in [1.82, 2.24) is 0 Å². The molecule has 2 rings (SSSR count). The molecule has 12 nitrogen and oxygen atoms in total. The van der Waals surface area contributed by atoms with Crippen LogP contribution in [-0.4, -0.2) is 49.4 Å². The molecule has 0 atom stereocenters. The number of anilines is 2. The minimum atomic E-state index is -4.55. The van der Waals surface area contributed by atoms with E-state index in [1.165, 1.54) is 69.5 Å². The van der Waals surface area contributed by atoms with Gasteiger partial charge in [-0.1, -0.05) is 51.4 Å². The van der Waals surface area contributed by atoms with Gasteiger partial charge in [-0.25, -0.2) is 8.42 Å². The topological polar surface area (TPSA) is 195 Å². The SMILES string of the molecule is C#CC#CC#CC#CC.CC(=O)Nc1ccc(S(=O)(=O)O)cc1.CCCCCCCCCC(=O)N(C(C)=O)c1ccc(S(=O)(=O)[O-])cc1.O=CCl.[H-].[HH].[HH].[HH].[HH].[HH].[Na+].[Na+]. The Balaban J connectivity index is -0.0000000761. The van der Waals surface area contributed by atoms with E-state index in [1.54, 1.807) is 6.92 Å². The zero-order chi connectivity index (χ0) is 39.3. The van der Waals surface area contributed by atoms with Crippen molar-refractivity contribution in [2.45, 2.75) is 88.9 Å². The van der Waals surface area contributed by atoms with Crippen LogP contribution in [0.2, 0.25) is 0 Å². The molecule has 0 unspecified atom stereocenters. The number of hydrogen-bond donors (Lipinski definition) is 2. The second kappa shape index (κ2) is 33.6. The van der Waals surface area contributed by atoms with E-state index < -0.39 is 26.1 Å². The smallest absolute Gasteiger partial charge is 1.00 e. The molecule has 0 fully saturated rings. The number of terminal acetylenes is 1. The van der Waals surface area contributed by atoms with Gasteiger partial charge in [0.25, 0.3) is 10.1 Å². The summed E-state index contributed by atoms with van der Waals surface area (Å²) in [6.45, 7) is 6.49. The molecule has 53 heavy (non-hydrogen) atoms. The molecular formula is C36H51ClN2Na2O10S2. The normalized spacial score (nSPS) is 9.09. The number of amides is 3. The van der Waals surface area contributed by atoms with Crippen LogP contribution in [0, 0.1) is 47.9 Å².